The van der Waals surface area contributed by atoms with Gasteiger partial charge >= 0.3 is 23.9 Å². The quantitative estimate of drug-likeness (QED) is 0.326. The van der Waals surface area contributed by atoms with E-state index in [0.717, 1.165) is 0 Å². The van der Waals surface area contributed by atoms with Gasteiger partial charge in [-0.25, -0.2) is 9.59 Å². The van der Waals surface area contributed by atoms with Crippen LogP contribution in [-0.2, 0) is 33.3 Å². The van der Waals surface area contributed by atoms with E-state index in [9.17, 15) is 24.3 Å². The lowest BCUT2D eigenvalue weighted by Crippen LogP contribution is -2.78. The van der Waals surface area contributed by atoms with Crippen molar-refractivity contribution >= 4 is 23.9 Å². The Balaban J connectivity index is 1.71. The Bertz CT molecular complexity index is 1420. The average molecular weight is 627 g/mol. The number of carbonyl (C=O) groups excluding carboxylic acids is 4. The summed E-state index contributed by atoms with van der Waals surface area (Å²) in [5, 5.41) is 12.3. The molecule has 11 nitrogen and oxygen atoms in total. The molecule has 1 saturated heterocycles. The lowest BCUT2D eigenvalue weighted by atomic mass is 9.47. The number of aliphatic hydroxyl groups excluding tert-OH is 1. The highest BCUT2D eigenvalue weighted by molar-refractivity contribution is 5.89. The summed E-state index contributed by atoms with van der Waals surface area (Å²) in [6.07, 6.45) is -4.11. The zero-order valence-corrected chi connectivity index (χ0v) is 26.7. The van der Waals surface area contributed by atoms with Crippen molar-refractivity contribution < 1.29 is 52.4 Å². The second-order valence-corrected chi connectivity index (χ2v) is 13.2. The highest BCUT2D eigenvalue weighted by Gasteiger charge is 2.82. The van der Waals surface area contributed by atoms with Crippen molar-refractivity contribution in [1.82, 2.24) is 0 Å². The van der Waals surface area contributed by atoms with E-state index in [2.05, 4.69) is 0 Å². The van der Waals surface area contributed by atoms with Crippen molar-refractivity contribution in [2.24, 2.45) is 23.2 Å². The molecular formula is C34H42O11. The van der Waals surface area contributed by atoms with E-state index in [1.54, 1.807) is 58.0 Å². The molecule has 10 atom stereocenters. The summed E-state index contributed by atoms with van der Waals surface area (Å²) in [5.41, 5.74) is -3.95. The molecule has 1 aromatic heterocycles. The minimum Gasteiger partial charge on any atom is -0.458 e. The van der Waals surface area contributed by atoms with Crippen LogP contribution < -0.4 is 0 Å². The molecule has 2 heterocycles. The number of hydrogen-bond donors (Lipinski definition) is 1. The maximum Gasteiger partial charge on any atom is 0.374 e. The van der Waals surface area contributed by atoms with Crippen molar-refractivity contribution in [3.05, 3.63) is 60.1 Å². The first-order chi connectivity index (χ1) is 21.2. The van der Waals surface area contributed by atoms with E-state index in [0.29, 0.717) is 6.42 Å². The molecule has 11 heteroatoms. The third-order valence-electron chi connectivity index (χ3n) is 10.1. The number of furan rings is 1. The molecule has 45 heavy (non-hydrogen) atoms. The van der Waals surface area contributed by atoms with E-state index >= 15 is 0 Å². The molecule has 3 fully saturated rings. The topological polar surface area (TPSA) is 148 Å². The summed E-state index contributed by atoms with van der Waals surface area (Å²) in [6, 6.07) is 11.3. The van der Waals surface area contributed by atoms with Crippen molar-refractivity contribution in [3.63, 3.8) is 0 Å². The molecule has 2 aliphatic carbocycles. The summed E-state index contributed by atoms with van der Waals surface area (Å²) >= 11 is 0. The molecule has 1 spiro atoms. The van der Waals surface area contributed by atoms with Crippen molar-refractivity contribution in [2.45, 2.75) is 103 Å². The van der Waals surface area contributed by atoms with Gasteiger partial charge in [-0.2, -0.15) is 0 Å². The Hall–Kier alpha value is -3.70. The summed E-state index contributed by atoms with van der Waals surface area (Å²) in [5.74, 6) is -4.62. The zero-order chi connectivity index (χ0) is 32.9. The lowest BCUT2D eigenvalue weighted by molar-refractivity contribution is -0.313. The van der Waals surface area contributed by atoms with Gasteiger partial charge in [-0.05, 0) is 63.8 Å². The Kier molecular flexibility index (Phi) is 8.65. The molecular weight excluding hydrogens is 584 g/mol. The van der Waals surface area contributed by atoms with E-state index in [1.165, 1.54) is 25.3 Å². The number of carbonyl (C=O) groups is 4. The van der Waals surface area contributed by atoms with Crippen molar-refractivity contribution in [3.8, 4) is 0 Å². The highest BCUT2D eigenvalue weighted by atomic mass is 16.6. The van der Waals surface area contributed by atoms with Gasteiger partial charge in [0.2, 0.25) is 5.76 Å². The Labute approximate surface area is 262 Å². The summed E-state index contributed by atoms with van der Waals surface area (Å²) in [7, 11) is 0. The van der Waals surface area contributed by atoms with Crippen LogP contribution in [0, 0.1) is 23.2 Å². The van der Waals surface area contributed by atoms with E-state index in [1.807, 2.05) is 13.8 Å². The van der Waals surface area contributed by atoms with Gasteiger partial charge in [0, 0.05) is 6.92 Å². The van der Waals surface area contributed by atoms with Gasteiger partial charge in [-0.3, -0.25) is 9.59 Å². The van der Waals surface area contributed by atoms with E-state index < -0.39 is 88.8 Å². The smallest absolute Gasteiger partial charge is 0.374 e. The molecule has 2 saturated carbocycles. The number of hydrogen-bond acceptors (Lipinski definition) is 11. The van der Waals surface area contributed by atoms with Gasteiger partial charge in [-0.15, -0.1) is 0 Å². The van der Waals surface area contributed by atoms with Gasteiger partial charge in [0.05, 0.1) is 40.8 Å². The molecule has 10 unspecified atom stereocenters. The monoisotopic (exact) mass is 626 g/mol. The van der Waals surface area contributed by atoms with Gasteiger partial charge in [-0.1, -0.05) is 39.0 Å². The van der Waals surface area contributed by atoms with Crippen molar-refractivity contribution in [2.75, 3.05) is 0 Å². The van der Waals surface area contributed by atoms with Crippen LogP contribution in [-0.4, -0.2) is 70.7 Å². The van der Waals surface area contributed by atoms with Crippen LogP contribution in [0.4, 0.5) is 0 Å². The predicted octanol–water partition coefficient (Wildman–Crippen LogP) is 4.50. The third-order valence-corrected chi connectivity index (χ3v) is 10.1. The third kappa shape index (κ3) is 5.23. The number of benzene rings is 1. The predicted molar refractivity (Wildman–Crippen MR) is 158 cm³/mol. The van der Waals surface area contributed by atoms with E-state index in [-0.39, 0.29) is 17.7 Å². The zero-order valence-electron chi connectivity index (χ0n) is 26.7. The fourth-order valence-corrected chi connectivity index (χ4v) is 7.88. The van der Waals surface area contributed by atoms with Crippen LogP contribution in [0.2, 0.25) is 0 Å². The standard InChI is InChI=1S/C34H42O11/c1-8-18(2)29(37)42-23-17-19(3)34-26(36)24(32(5,6)45-34)25(43-31(39)22-15-12-16-40-22)28(33(34,7)27(23)41-20(4)35)44-30(38)21-13-10-9-11-14-21/h9-16,18-19,23-28,36H,8,17H2,1-7H3. The second-order valence-electron chi connectivity index (χ2n) is 13.2. The van der Waals surface area contributed by atoms with Crippen LogP contribution in [0.25, 0.3) is 0 Å². The summed E-state index contributed by atoms with van der Waals surface area (Å²) < 4.78 is 36.6. The first kappa shape index (κ1) is 32.7. The van der Waals surface area contributed by atoms with Gasteiger partial charge in [0.1, 0.15) is 17.8 Å². The molecule has 3 aliphatic rings. The number of esters is 4. The average Bonchev–Trinajstić information content (AvgIpc) is 3.59. The number of aliphatic hydroxyl groups is 1. The molecule has 2 bridgehead atoms. The van der Waals surface area contributed by atoms with Crippen LogP contribution in [0.3, 0.4) is 0 Å². The van der Waals surface area contributed by atoms with Gasteiger partial charge in [0.25, 0.3) is 0 Å². The highest BCUT2D eigenvalue weighted by Crippen LogP contribution is 2.67. The van der Waals surface area contributed by atoms with Gasteiger partial charge < -0.3 is 33.2 Å². The minimum atomic E-state index is -1.60. The van der Waals surface area contributed by atoms with Crippen LogP contribution in [0.5, 0.6) is 0 Å². The lowest BCUT2D eigenvalue weighted by Gasteiger charge is -2.63. The molecule has 1 N–H and O–H groups in total. The Morgan fingerprint density at radius 1 is 0.956 bits per heavy atom. The Morgan fingerprint density at radius 3 is 2.24 bits per heavy atom. The molecule has 244 valence electrons. The van der Waals surface area contributed by atoms with Crippen LogP contribution in [0.1, 0.15) is 82.2 Å². The molecule has 1 aliphatic heterocycles. The van der Waals surface area contributed by atoms with Crippen LogP contribution in [0.15, 0.2) is 53.1 Å². The molecule has 5 rings (SSSR count). The fraction of sp³-hybridized carbons (Fsp3) is 0.588. The maximum absolute atomic E-state index is 13.8. The first-order valence-corrected chi connectivity index (χ1v) is 15.5. The van der Waals surface area contributed by atoms with Crippen molar-refractivity contribution in [1.29, 1.82) is 0 Å². The van der Waals surface area contributed by atoms with Gasteiger partial charge in [0.15, 0.2) is 12.2 Å². The minimum absolute atomic E-state index is 0.0924. The number of fused-ring (bicyclic) bond motifs is 1. The molecule has 1 aromatic carbocycles. The fourth-order valence-electron chi connectivity index (χ4n) is 7.88. The SMILES string of the molecule is CCC(C)C(=O)OC1CC(C)C23OC(C)(C)C(C(OC(=O)c4ccco4)C(OC(=O)c4ccccc4)C2(C)C1OC(C)=O)C3O. The molecule has 2 aromatic rings. The molecule has 0 radical (unpaired) electrons. The normalized spacial score (nSPS) is 35.4. The largest absolute Gasteiger partial charge is 0.458 e. The first-order valence-electron chi connectivity index (χ1n) is 15.5. The summed E-state index contributed by atoms with van der Waals surface area (Å²) in [6.45, 7) is 11.9. The number of rotatable bonds is 8. The Morgan fingerprint density at radius 2 is 1.64 bits per heavy atom. The number of ether oxygens (including phenoxy) is 5. The maximum atomic E-state index is 13.8. The molecule has 0 amide bonds. The van der Waals surface area contributed by atoms with E-state index in [4.69, 9.17) is 28.1 Å². The van der Waals surface area contributed by atoms with Crippen LogP contribution >= 0.6 is 0 Å². The second kappa shape index (κ2) is 11.9. The summed E-state index contributed by atoms with van der Waals surface area (Å²) in [4.78, 5) is 53.1.